The molecule has 0 saturated heterocycles. The predicted molar refractivity (Wildman–Crippen MR) is 128 cm³/mol. The average Bonchev–Trinajstić information content (AvgIpc) is 3.08. The number of fused-ring (bicyclic) bond motifs is 5. The van der Waals surface area contributed by atoms with Crippen LogP contribution in [0.15, 0.2) is 23.8 Å². The number of ketones is 3. The maximum atomic E-state index is 13.8. The lowest BCUT2D eigenvalue weighted by Gasteiger charge is -2.57. The van der Waals surface area contributed by atoms with Crippen LogP contribution in [-0.2, 0) is 38.2 Å². The zero-order valence-corrected chi connectivity index (χ0v) is 22.0. The Balaban J connectivity index is 1.72. The van der Waals surface area contributed by atoms with E-state index in [4.69, 9.17) is 13.7 Å². The third-order valence-electron chi connectivity index (χ3n) is 8.91. The normalized spacial score (nSPS) is 37.4. The molecule has 10 heteroatoms. The molecule has 0 spiro atoms. The fraction of sp³-hybridized carbons (Fsp3) is 0.692. The van der Waals surface area contributed by atoms with Crippen molar-refractivity contribution in [1.82, 2.24) is 0 Å². The molecule has 3 fully saturated rings. The first-order chi connectivity index (χ1) is 16.8. The molecule has 0 radical (unpaired) electrons. The van der Waals surface area contributed by atoms with E-state index in [2.05, 4.69) is 0 Å². The molecule has 36 heavy (non-hydrogen) atoms. The summed E-state index contributed by atoms with van der Waals surface area (Å²) in [7, 11) is -3.92. The number of allylic oxidation sites excluding steroid dienone is 4. The van der Waals surface area contributed by atoms with E-state index in [0.717, 1.165) is 11.8 Å². The van der Waals surface area contributed by atoms with Gasteiger partial charge in [-0.3, -0.25) is 18.6 Å². The molecule has 0 heterocycles. The van der Waals surface area contributed by atoms with Crippen molar-refractivity contribution < 1.29 is 41.3 Å². The van der Waals surface area contributed by atoms with E-state index < -0.39 is 45.1 Å². The van der Waals surface area contributed by atoms with Gasteiger partial charge in [0, 0.05) is 23.2 Å². The van der Waals surface area contributed by atoms with Crippen LogP contribution in [0.25, 0.3) is 0 Å². The van der Waals surface area contributed by atoms with Crippen molar-refractivity contribution >= 4 is 33.6 Å². The lowest BCUT2D eigenvalue weighted by Crippen LogP contribution is -2.62. The van der Waals surface area contributed by atoms with Gasteiger partial charge in [-0.2, -0.15) is 8.42 Å². The van der Waals surface area contributed by atoms with Crippen LogP contribution < -0.4 is 0 Å². The number of carbonyl (C=O) groups excluding carboxylic acids is 4. The second-order valence-electron chi connectivity index (χ2n) is 11.0. The van der Waals surface area contributed by atoms with Gasteiger partial charge in [-0.1, -0.05) is 32.4 Å². The Labute approximate surface area is 211 Å². The first kappa shape index (κ1) is 26.7. The van der Waals surface area contributed by atoms with E-state index in [1.54, 1.807) is 13.0 Å². The quantitative estimate of drug-likeness (QED) is 0.365. The molecular weight excluding hydrogens is 488 g/mol. The van der Waals surface area contributed by atoms with Crippen LogP contribution in [0.4, 0.5) is 4.79 Å². The molecule has 198 valence electrons. The molecule has 0 aliphatic heterocycles. The smallest absolute Gasteiger partial charge is 0.434 e. The van der Waals surface area contributed by atoms with Gasteiger partial charge in [-0.05, 0) is 56.1 Å². The van der Waals surface area contributed by atoms with Crippen molar-refractivity contribution in [3.63, 3.8) is 0 Å². The Bertz CT molecular complexity index is 1150. The lowest BCUT2D eigenvalue weighted by molar-refractivity contribution is -0.172. The Hall–Kier alpha value is -2.33. The number of hydrogen-bond acceptors (Lipinski definition) is 9. The molecule has 0 aromatic heterocycles. The van der Waals surface area contributed by atoms with Crippen molar-refractivity contribution in [3.8, 4) is 0 Å². The monoisotopic (exact) mass is 522 g/mol. The zero-order valence-electron chi connectivity index (χ0n) is 21.2. The Morgan fingerprint density at radius 2 is 1.89 bits per heavy atom. The lowest BCUT2D eigenvalue weighted by atomic mass is 9.46. The summed E-state index contributed by atoms with van der Waals surface area (Å²) in [6, 6.07) is 0. The average molecular weight is 523 g/mol. The van der Waals surface area contributed by atoms with Crippen LogP contribution >= 0.6 is 0 Å². The zero-order chi connectivity index (χ0) is 26.5. The molecule has 9 nitrogen and oxygen atoms in total. The predicted octanol–water partition coefficient (Wildman–Crippen LogP) is 3.32. The molecular formula is C26H34O9S. The number of hydrogen-bond donors (Lipinski definition) is 0. The third kappa shape index (κ3) is 4.26. The van der Waals surface area contributed by atoms with Gasteiger partial charge in [-0.25, -0.2) is 4.79 Å². The largest absolute Gasteiger partial charge is 0.509 e. The second kappa shape index (κ2) is 9.20. The van der Waals surface area contributed by atoms with Gasteiger partial charge in [0.05, 0.1) is 12.9 Å². The van der Waals surface area contributed by atoms with Gasteiger partial charge in [0.2, 0.25) is 5.78 Å². The van der Waals surface area contributed by atoms with Crippen LogP contribution in [0.1, 0.15) is 59.3 Å². The number of Topliss-reactive ketones (excluding diaryl/α,β-unsaturated/α-hetero) is 2. The first-order valence-electron chi connectivity index (χ1n) is 12.5. The Morgan fingerprint density at radius 3 is 2.56 bits per heavy atom. The maximum Gasteiger partial charge on any atom is 0.509 e. The topological polar surface area (TPSA) is 130 Å². The minimum atomic E-state index is -3.92. The summed E-state index contributed by atoms with van der Waals surface area (Å²) in [5.41, 5.74) is -2.43. The summed E-state index contributed by atoms with van der Waals surface area (Å²) in [6.45, 7) is 4.91. The summed E-state index contributed by atoms with van der Waals surface area (Å²) in [5.74, 6) is -1.40. The molecule has 3 saturated carbocycles. The van der Waals surface area contributed by atoms with Crippen LogP contribution in [-0.4, -0.2) is 57.0 Å². The van der Waals surface area contributed by atoms with Crippen molar-refractivity contribution in [1.29, 1.82) is 0 Å². The molecule has 4 aliphatic rings. The van der Waals surface area contributed by atoms with E-state index >= 15 is 0 Å². The minimum absolute atomic E-state index is 0.0187. The summed E-state index contributed by atoms with van der Waals surface area (Å²) in [4.78, 5) is 52.1. The van der Waals surface area contributed by atoms with E-state index in [0.29, 0.717) is 25.7 Å². The maximum absolute atomic E-state index is 13.8. The number of ether oxygens (including phenoxy) is 2. The molecule has 0 aromatic rings. The van der Waals surface area contributed by atoms with Gasteiger partial charge in [0.25, 0.3) is 10.1 Å². The second-order valence-corrected chi connectivity index (χ2v) is 12.6. The Morgan fingerprint density at radius 1 is 1.17 bits per heavy atom. The first-order valence-corrected chi connectivity index (χ1v) is 14.3. The van der Waals surface area contributed by atoms with E-state index in [-0.39, 0.29) is 48.8 Å². The van der Waals surface area contributed by atoms with Gasteiger partial charge < -0.3 is 9.47 Å². The van der Waals surface area contributed by atoms with E-state index in [1.165, 1.54) is 6.08 Å². The standard InChI is InChI=1S/C26H34O9S/c1-5-12-33-23(30)35-26(21(29)15-34-36(4,31)32)11-9-19-18-7-6-16-13-17(27)8-10-24(16,2)22(18)20(28)14-25(19,26)3/h8,10,13,18-19,22H,5-7,9,11-12,14-15H2,1-4H3/t18-,19-,22+,24-,25-,26-/m0/s1. The summed E-state index contributed by atoms with van der Waals surface area (Å²) < 4.78 is 38.9. The van der Waals surface area contributed by atoms with Crippen molar-refractivity contribution in [3.05, 3.63) is 23.8 Å². The SMILES string of the molecule is CCCOC(=O)O[C@]1(C(=O)COS(C)(=O)=O)CC[C@H]2[C@@H]3CCC4=CC(=O)C=C[C@]4(C)[C@H]3C(=O)C[C@@]21C. The fourth-order valence-corrected chi connectivity index (χ4v) is 7.66. The van der Waals surface area contributed by atoms with Crippen LogP contribution in [0.5, 0.6) is 0 Å². The number of carbonyl (C=O) groups is 4. The molecule has 6 atom stereocenters. The molecule has 0 N–H and O–H groups in total. The van der Waals surface area contributed by atoms with Crippen LogP contribution in [0.3, 0.4) is 0 Å². The van der Waals surface area contributed by atoms with Crippen LogP contribution in [0, 0.1) is 28.6 Å². The highest BCUT2D eigenvalue weighted by atomic mass is 32.2. The van der Waals surface area contributed by atoms with Crippen LogP contribution in [0.2, 0.25) is 0 Å². The number of rotatable bonds is 7. The summed E-state index contributed by atoms with van der Waals surface area (Å²) in [5, 5.41) is 0. The summed E-state index contributed by atoms with van der Waals surface area (Å²) >= 11 is 0. The van der Waals surface area contributed by atoms with Crippen molar-refractivity contribution in [2.24, 2.45) is 28.6 Å². The molecule has 4 rings (SSSR count). The fourth-order valence-electron chi connectivity index (χ4n) is 7.33. The van der Waals surface area contributed by atoms with Crippen molar-refractivity contribution in [2.75, 3.05) is 19.5 Å². The van der Waals surface area contributed by atoms with Gasteiger partial charge in [0.15, 0.2) is 11.4 Å². The Kier molecular flexibility index (Phi) is 6.83. The van der Waals surface area contributed by atoms with Gasteiger partial charge in [0.1, 0.15) is 12.4 Å². The van der Waals surface area contributed by atoms with Gasteiger partial charge in [-0.15, -0.1) is 0 Å². The van der Waals surface area contributed by atoms with E-state index in [1.807, 2.05) is 19.9 Å². The minimum Gasteiger partial charge on any atom is -0.434 e. The molecule has 0 aromatic carbocycles. The molecule has 4 aliphatic carbocycles. The third-order valence-corrected chi connectivity index (χ3v) is 9.46. The van der Waals surface area contributed by atoms with E-state index in [9.17, 15) is 27.6 Å². The highest BCUT2D eigenvalue weighted by molar-refractivity contribution is 7.86. The van der Waals surface area contributed by atoms with Crippen molar-refractivity contribution in [2.45, 2.75) is 64.9 Å². The van der Waals surface area contributed by atoms with Gasteiger partial charge >= 0.3 is 6.16 Å². The molecule has 0 unspecified atom stereocenters. The molecule has 0 bridgehead atoms. The highest BCUT2D eigenvalue weighted by Crippen LogP contribution is 2.67. The summed E-state index contributed by atoms with van der Waals surface area (Å²) in [6.07, 6.45) is 7.35. The highest BCUT2D eigenvalue weighted by Gasteiger charge is 2.70. The molecule has 0 amide bonds.